The van der Waals surface area contributed by atoms with Crippen molar-refractivity contribution in [2.24, 2.45) is 0 Å². The van der Waals surface area contributed by atoms with E-state index in [-0.39, 0.29) is 0 Å². The monoisotopic (exact) mass is 257 g/mol. The second-order valence-electron chi connectivity index (χ2n) is 4.68. The van der Waals surface area contributed by atoms with Gasteiger partial charge in [-0.2, -0.15) is 0 Å². The van der Waals surface area contributed by atoms with Crippen molar-refractivity contribution in [2.75, 3.05) is 11.9 Å². The van der Waals surface area contributed by atoms with E-state index in [1.54, 1.807) is 11.3 Å². The maximum absolute atomic E-state index is 10.3. The Labute approximate surface area is 108 Å². The minimum atomic E-state index is 0.415. The molecule has 90 valence electrons. The number of hydrogen-bond acceptors (Lipinski definition) is 3. The smallest absolute Gasteiger partial charge is 0.335 e. The van der Waals surface area contributed by atoms with Crippen molar-refractivity contribution in [2.45, 2.75) is 13.5 Å². The number of aryl methyl sites for hydroxylation is 1. The molecule has 2 N–H and O–H groups in total. The first-order valence-electron chi connectivity index (χ1n) is 6.08. The van der Waals surface area contributed by atoms with Crippen molar-refractivity contribution in [1.82, 2.24) is 0 Å². The lowest BCUT2D eigenvalue weighted by Crippen LogP contribution is -2.29. The maximum Gasteiger partial charge on any atom is 0.335 e. The van der Waals surface area contributed by atoms with Crippen molar-refractivity contribution in [3.8, 4) is 5.75 Å². The SMILES string of the molecule is Cc1c(O)c2ccccc2c2c1sc1[n+]2CCN1. The van der Waals surface area contributed by atoms with Crippen LogP contribution in [0, 0.1) is 6.92 Å². The number of benzene rings is 2. The molecule has 0 bridgehead atoms. The third kappa shape index (κ3) is 1.11. The average molecular weight is 257 g/mol. The van der Waals surface area contributed by atoms with E-state index in [0.717, 1.165) is 29.4 Å². The summed E-state index contributed by atoms with van der Waals surface area (Å²) >= 11 is 1.73. The molecule has 2 heterocycles. The largest absolute Gasteiger partial charge is 0.507 e. The standard InChI is InChI=1S/C14H12N2OS/c1-8-12(17)10-5-3-2-4-9(10)11-13(8)18-14-15-6-7-16(11)14/h2-5,17H,6-7H2,1H3/p+1. The van der Waals surface area contributed by atoms with Gasteiger partial charge < -0.3 is 5.11 Å². The van der Waals surface area contributed by atoms with Crippen LogP contribution in [0.25, 0.3) is 21.0 Å². The summed E-state index contributed by atoms with van der Waals surface area (Å²) in [6, 6.07) is 8.09. The molecule has 0 radical (unpaired) electrons. The minimum absolute atomic E-state index is 0.415. The minimum Gasteiger partial charge on any atom is -0.507 e. The number of thiazole rings is 1. The molecule has 1 aromatic heterocycles. The first kappa shape index (κ1) is 10.1. The van der Waals surface area contributed by atoms with E-state index in [9.17, 15) is 5.11 Å². The van der Waals surface area contributed by atoms with Crippen LogP contribution in [0.15, 0.2) is 24.3 Å². The van der Waals surface area contributed by atoms with Gasteiger partial charge in [0.05, 0.1) is 4.70 Å². The molecule has 1 aliphatic heterocycles. The lowest BCUT2D eigenvalue weighted by atomic mass is 10.0. The van der Waals surface area contributed by atoms with E-state index in [4.69, 9.17) is 0 Å². The van der Waals surface area contributed by atoms with Crippen LogP contribution in [0.2, 0.25) is 0 Å². The molecule has 0 spiro atoms. The highest BCUT2D eigenvalue weighted by atomic mass is 32.1. The highest BCUT2D eigenvalue weighted by Crippen LogP contribution is 2.40. The highest BCUT2D eigenvalue weighted by molar-refractivity contribution is 7.22. The Morgan fingerprint density at radius 1 is 1.28 bits per heavy atom. The van der Waals surface area contributed by atoms with Crippen molar-refractivity contribution in [1.29, 1.82) is 0 Å². The number of anilines is 1. The summed E-state index contributed by atoms with van der Waals surface area (Å²) in [7, 11) is 0. The summed E-state index contributed by atoms with van der Waals surface area (Å²) < 4.78 is 3.52. The van der Waals surface area contributed by atoms with Crippen LogP contribution in [-0.4, -0.2) is 11.7 Å². The van der Waals surface area contributed by atoms with Gasteiger partial charge in [0.25, 0.3) is 0 Å². The zero-order valence-electron chi connectivity index (χ0n) is 10.0. The van der Waals surface area contributed by atoms with Gasteiger partial charge in [0.2, 0.25) is 0 Å². The first-order valence-corrected chi connectivity index (χ1v) is 6.89. The van der Waals surface area contributed by atoms with Crippen LogP contribution in [0.4, 0.5) is 5.13 Å². The summed E-state index contributed by atoms with van der Waals surface area (Å²) in [6.07, 6.45) is 0. The van der Waals surface area contributed by atoms with Gasteiger partial charge in [-0.25, -0.2) is 4.57 Å². The third-order valence-corrected chi connectivity index (χ3v) is 4.94. The van der Waals surface area contributed by atoms with Crippen LogP contribution in [0.5, 0.6) is 5.75 Å². The Morgan fingerprint density at radius 2 is 2.06 bits per heavy atom. The molecule has 0 atom stereocenters. The Morgan fingerprint density at radius 3 is 2.89 bits per heavy atom. The molecule has 3 nitrogen and oxygen atoms in total. The van der Waals surface area contributed by atoms with Gasteiger partial charge in [0, 0.05) is 16.3 Å². The molecule has 1 aliphatic rings. The number of fused-ring (bicyclic) bond motifs is 5. The van der Waals surface area contributed by atoms with E-state index in [1.807, 2.05) is 25.1 Å². The van der Waals surface area contributed by atoms with Gasteiger partial charge in [-0.05, 0) is 24.3 Å². The van der Waals surface area contributed by atoms with Gasteiger partial charge in [-0.3, -0.25) is 5.32 Å². The fourth-order valence-corrected chi connectivity index (χ4v) is 4.00. The molecule has 0 amide bonds. The van der Waals surface area contributed by atoms with Gasteiger partial charge in [0.1, 0.15) is 18.8 Å². The Kier molecular flexibility index (Phi) is 1.89. The Bertz CT molecular complexity index is 791. The van der Waals surface area contributed by atoms with Crippen LogP contribution in [0.1, 0.15) is 5.56 Å². The molecular formula is C14H13N2OS+. The van der Waals surface area contributed by atoms with Crippen LogP contribution in [0.3, 0.4) is 0 Å². The van der Waals surface area contributed by atoms with E-state index in [2.05, 4.69) is 16.0 Å². The molecule has 18 heavy (non-hydrogen) atoms. The number of aromatic hydroxyl groups is 1. The summed E-state index contributed by atoms with van der Waals surface area (Å²) in [6.45, 7) is 4.00. The zero-order chi connectivity index (χ0) is 12.3. The number of phenols is 1. The quantitative estimate of drug-likeness (QED) is 0.608. The van der Waals surface area contributed by atoms with Gasteiger partial charge in [-0.15, -0.1) is 0 Å². The fourth-order valence-electron chi connectivity index (χ4n) is 2.77. The maximum atomic E-state index is 10.3. The van der Waals surface area contributed by atoms with Crippen molar-refractivity contribution >= 4 is 37.5 Å². The number of phenolic OH excluding ortho intramolecular Hbond substituents is 1. The van der Waals surface area contributed by atoms with Crippen molar-refractivity contribution in [3.05, 3.63) is 29.8 Å². The molecule has 4 heteroatoms. The molecule has 0 fully saturated rings. The van der Waals surface area contributed by atoms with Crippen molar-refractivity contribution in [3.63, 3.8) is 0 Å². The summed E-state index contributed by atoms with van der Waals surface area (Å²) in [4.78, 5) is 0. The number of hydrogen-bond donors (Lipinski definition) is 2. The molecule has 0 unspecified atom stereocenters. The molecule has 4 rings (SSSR count). The number of aromatic nitrogens is 1. The molecular weight excluding hydrogens is 244 g/mol. The van der Waals surface area contributed by atoms with E-state index in [0.29, 0.717) is 5.75 Å². The second kappa shape index (κ2) is 3.36. The van der Waals surface area contributed by atoms with Gasteiger partial charge >= 0.3 is 5.13 Å². The summed E-state index contributed by atoms with van der Waals surface area (Å²) in [5.41, 5.74) is 2.24. The van der Waals surface area contributed by atoms with Crippen LogP contribution in [-0.2, 0) is 6.54 Å². The van der Waals surface area contributed by atoms with Crippen LogP contribution >= 0.6 is 11.3 Å². The normalized spacial score (nSPS) is 14.1. The number of nitrogens with zero attached hydrogens (tertiary/aromatic N) is 1. The zero-order valence-corrected chi connectivity index (χ0v) is 10.8. The number of rotatable bonds is 0. The third-order valence-electron chi connectivity index (χ3n) is 3.67. The summed E-state index contributed by atoms with van der Waals surface area (Å²) in [5, 5.41) is 17.0. The fraction of sp³-hybridized carbons (Fsp3) is 0.214. The van der Waals surface area contributed by atoms with Crippen molar-refractivity contribution < 1.29 is 9.67 Å². The van der Waals surface area contributed by atoms with E-state index < -0.39 is 0 Å². The first-order chi connectivity index (χ1) is 8.77. The van der Waals surface area contributed by atoms with Gasteiger partial charge in [0.15, 0.2) is 5.52 Å². The summed E-state index contributed by atoms with van der Waals surface area (Å²) in [5.74, 6) is 0.415. The van der Waals surface area contributed by atoms with Gasteiger partial charge in [-0.1, -0.05) is 18.2 Å². The second-order valence-corrected chi connectivity index (χ2v) is 5.68. The Hall–Kier alpha value is -1.81. The molecule has 3 aromatic rings. The van der Waals surface area contributed by atoms with E-state index >= 15 is 0 Å². The Balaban J connectivity index is 2.32. The highest BCUT2D eigenvalue weighted by Gasteiger charge is 2.27. The topological polar surface area (TPSA) is 36.1 Å². The predicted molar refractivity (Wildman–Crippen MR) is 74.4 cm³/mol. The molecule has 0 saturated heterocycles. The van der Waals surface area contributed by atoms with E-state index in [1.165, 1.54) is 15.3 Å². The lowest BCUT2D eigenvalue weighted by molar-refractivity contribution is -0.640. The average Bonchev–Trinajstić information content (AvgIpc) is 2.96. The molecule has 0 saturated carbocycles. The number of nitrogens with one attached hydrogen (secondary N) is 1. The molecule has 0 aliphatic carbocycles. The predicted octanol–water partition coefficient (Wildman–Crippen LogP) is 2.78. The molecule has 2 aromatic carbocycles. The lowest BCUT2D eigenvalue weighted by Gasteiger charge is -2.06. The van der Waals surface area contributed by atoms with Crippen LogP contribution < -0.4 is 9.88 Å².